The third-order valence-electron chi connectivity index (χ3n) is 6.12. The Kier molecular flexibility index (Phi) is 8.62. The molecule has 1 atom stereocenters. The average Bonchev–Trinajstić information content (AvgIpc) is 3.36. The van der Waals surface area contributed by atoms with E-state index in [9.17, 15) is 8.42 Å². The average molecular weight is 553 g/mol. The van der Waals surface area contributed by atoms with Gasteiger partial charge in [0.2, 0.25) is 10.0 Å². The van der Waals surface area contributed by atoms with E-state index in [2.05, 4.69) is 25.7 Å². The van der Waals surface area contributed by atoms with E-state index in [1.54, 1.807) is 48.5 Å². The Morgan fingerprint density at radius 2 is 1.79 bits per heavy atom. The number of oxime groups is 1. The van der Waals surface area contributed by atoms with Crippen LogP contribution >= 0.6 is 11.3 Å². The Labute approximate surface area is 227 Å². The Morgan fingerprint density at radius 3 is 2.50 bits per heavy atom. The van der Waals surface area contributed by atoms with Crippen LogP contribution in [-0.4, -0.2) is 63.6 Å². The number of benzene rings is 3. The number of fused-ring (bicyclic) bond motifs is 1. The molecule has 200 valence electrons. The van der Waals surface area contributed by atoms with Crippen LogP contribution in [0.25, 0.3) is 10.2 Å². The molecule has 0 bridgehead atoms. The number of likely N-dealkylation sites (N-methyl/N-ethyl adjacent to an activating group) is 2. The number of amidine groups is 1. The number of hydrogen-bond donors (Lipinski definition) is 3. The summed E-state index contributed by atoms with van der Waals surface area (Å²) < 4.78 is 30.6. The Bertz CT molecular complexity index is 1520. The molecule has 0 aliphatic carbocycles. The van der Waals surface area contributed by atoms with Crippen molar-refractivity contribution in [3.63, 3.8) is 0 Å². The number of nitrogens with zero attached hydrogens (tertiary/aromatic N) is 4. The van der Waals surface area contributed by atoms with Crippen molar-refractivity contribution in [2.45, 2.75) is 17.4 Å². The molecule has 9 nitrogen and oxygen atoms in total. The monoisotopic (exact) mass is 552 g/mol. The van der Waals surface area contributed by atoms with Crippen molar-refractivity contribution in [3.8, 4) is 0 Å². The predicted octanol–water partition coefficient (Wildman–Crippen LogP) is 3.65. The molecule has 0 amide bonds. The smallest absolute Gasteiger partial charge is 0.241 e. The molecule has 4 N–H and O–H groups in total. The maximum atomic E-state index is 13.3. The first kappa shape index (κ1) is 27.5. The van der Waals surface area contributed by atoms with Gasteiger partial charge in [-0.2, -0.15) is 0 Å². The third-order valence-corrected chi connectivity index (χ3v) is 8.82. The molecule has 0 saturated heterocycles. The van der Waals surface area contributed by atoms with Crippen molar-refractivity contribution >= 4 is 43.1 Å². The van der Waals surface area contributed by atoms with Crippen LogP contribution in [0.5, 0.6) is 0 Å². The highest BCUT2D eigenvalue weighted by atomic mass is 32.2. The Morgan fingerprint density at radius 1 is 1.05 bits per heavy atom. The van der Waals surface area contributed by atoms with Crippen LogP contribution in [-0.2, 0) is 16.4 Å². The van der Waals surface area contributed by atoms with Gasteiger partial charge in [-0.1, -0.05) is 47.6 Å². The summed E-state index contributed by atoms with van der Waals surface area (Å²) in [5.41, 5.74) is 9.02. The zero-order valence-electron chi connectivity index (χ0n) is 21.6. The SMILES string of the molecule is CN(C)CCN(C)c1cccc2nc(C(Cc3cccc(C(N)=NO)c3)NS(=O)(=O)c3ccccc3)sc12. The second-order valence-corrected chi connectivity index (χ2v) is 12.0. The van der Waals surface area contributed by atoms with Gasteiger partial charge in [0, 0.05) is 25.7 Å². The maximum Gasteiger partial charge on any atom is 0.241 e. The van der Waals surface area contributed by atoms with Crippen LogP contribution in [0.1, 0.15) is 22.2 Å². The number of nitrogens with two attached hydrogens (primary N) is 1. The first-order chi connectivity index (χ1) is 18.2. The standard InChI is InChI=1S/C27H32N6O3S2/c1-32(2)15-16-33(3)24-14-8-13-22-25(24)37-27(29-22)23(31-38(35,36)21-11-5-4-6-12-21)18-19-9-7-10-20(17-19)26(28)30-34/h4-14,17,23,31,34H,15-16,18H2,1-3H3,(H2,28,30). The minimum absolute atomic E-state index is 0.0151. The zero-order chi connectivity index (χ0) is 27.3. The highest BCUT2D eigenvalue weighted by molar-refractivity contribution is 7.89. The lowest BCUT2D eigenvalue weighted by molar-refractivity contribution is 0.318. The summed E-state index contributed by atoms with van der Waals surface area (Å²) in [5, 5.41) is 12.8. The topological polar surface area (TPSA) is 124 Å². The molecule has 1 unspecified atom stereocenters. The van der Waals surface area contributed by atoms with Crippen molar-refractivity contribution in [2.75, 3.05) is 39.1 Å². The van der Waals surface area contributed by atoms with Crippen LogP contribution < -0.4 is 15.4 Å². The van der Waals surface area contributed by atoms with E-state index < -0.39 is 16.1 Å². The minimum atomic E-state index is -3.83. The van der Waals surface area contributed by atoms with Crippen LogP contribution in [0.3, 0.4) is 0 Å². The normalized spacial score (nSPS) is 13.2. The lowest BCUT2D eigenvalue weighted by Gasteiger charge is -2.22. The number of sulfonamides is 1. The molecule has 0 spiro atoms. The first-order valence-electron chi connectivity index (χ1n) is 12.1. The predicted molar refractivity (Wildman–Crippen MR) is 154 cm³/mol. The van der Waals surface area contributed by atoms with Gasteiger partial charge in [0.05, 0.1) is 26.8 Å². The van der Waals surface area contributed by atoms with Gasteiger partial charge in [0.15, 0.2) is 5.84 Å². The Balaban J connectivity index is 1.74. The molecule has 0 radical (unpaired) electrons. The highest BCUT2D eigenvalue weighted by Gasteiger charge is 2.25. The summed E-state index contributed by atoms with van der Waals surface area (Å²) in [6, 6.07) is 20.8. The zero-order valence-corrected chi connectivity index (χ0v) is 23.2. The summed E-state index contributed by atoms with van der Waals surface area (Å²) in [6.07, 6.45) is 0.324. The van der Waals surface area contributed by atoms with Crippen LogP contribution in [0, 0.1) is 0 Å². The fraction of sp³-hybridized carbons (Fsp3) is 0.259. The summed E-state index contributed by atoms with van der Waals surface area (Å²) in [6.45, 7) is 1.73. The number of thiazole rings is 1. The van der Waals surface area contributed by atoms with Gasteiger partial charge in [-0.25, -0.2) is 18.1 Å². The van der Waals surface area contributed by atoms with Gasteiger partial charge in [-0.15, -0.1) is 11.3 Å². The van der Waals surface area contributed by atoms with E-state index in [1.807, 2.05) is 39.3 Å². The van der Waals surface area contributed by atoms with Crippen LogP contribution in [0.4, 0.5) is 5.69 Å². The maximum absolute atomic E-state index is 13.3. The van der Waals surface area contributed by atoms with E-state index in [0.717, 1.165) is 34.6 Å². The lowest BCUT2D eigenvalue weighted by Crippen LogP contribution is -2.30. The molecule has 11 heteroatoms. The molecule has 0 fully saturated rings. The molecule has 38 heavy (non-hydrogen) atoms. The number of rotatable bonds is 11. The van der Waals surface area contributed by atoms with Gasteiger partial charge >= 0.3 is 0 Å². The fourth-order valence-electron chi connectivity index (χ4n) is 4.06. The van der Waals surface area contributed by atoms with Gasteiger partial charge in [0.25, 0.3) is 0 Å². The van der Waals surface area contributed by atoms with Gasteiger partial charge in [-0.3, -0.25) is 0 Å². The van der Waals surface area contributed by atoms with E-state index in [1.165, 1.54) is 11.3 Å². The third kappa shape index (κ3) is 6.48. The van der Waals surface area contributed by atoms with Crippen LogP contribution in [0.15, 0.2) is 82.8 Å². The molecule has 4 aromatic rings. The van der Waals surface area contributed by atoms with E-state index in [4.69, 9.17) is 15.9 Å². The molecule has 1 heterocycles. The van der Waals surface area contributed by atoms with E-state index in [0.29, 0.717) is 17.0 Å². The van der Waals surface area contributed by atoms with Crippen molar-refractivity contribution in [2.24, 2.45) is 10.9 Å². The highest BCUT2D eigenvalue weighted by Crippen LogP contribution is 2.35. The van der Waals surface area contributed by atoms with Crippen molar-refractivity contribution < 1.29 is 13.6 Å². The molecule has 3 aromatic carbocycles. The second kappa shape index (κ2) is 11.9. The summed E-state index contributed by atoms with van der Waals surface area (Å²) >= 11 is 1.48. The number of hydrogen-bond acceptors (Lipinski definition) is 8. The quantitative estimate of drug-likeness (QED) is 0.112. The molecular weight excluding hydrogens is 520 g/mol. The number of anilines is 1. The van der Waals surface area contributed by atoms with Gasteiger partial charge in [-0.05, 0) is 56.4 Å². The second-order valence-electron chi connectivity index (χ2n) is 9.28. The van der Waals surface area contributed by atoms with Gasteiger partial charge < -0.3 is 20.7 Å². The molecular formula is C27H32N6O3S2. The van der Waals surface area contributed by atoms with Gasteiger partial charge in [0.1, 0.15) is 5.01 Å². The Hall–Kier alpha value is -3.51. The molecule has 4 rings (SSSR count). The lowest BCUT2D eigenvalue weighted by atomic mass is 10.0. The van der Waals surface area contributed by atoms with Crippen molar-refractivity contribution in [1.82, 2.24) is 14.6 Å². The molecule has 0 saturated carbocycles. The number of aromatic nitrogens is 1. The summed E-state index contributed by atoms with van der Waals surface area (Å²) in [7, 11) is 2.30. The van der Waals surface area contributed by atoms with Crippen molar-refractivity contribution in [1.29, 1.82) is 0 Å². The fourth-order valence-corrected chi connectivity index (χ4v) is 6.54. The van der Waals surface area contributed by atoms with E-state index >= 15 is 0 Å². The van der Waals surface area contributed by atoms with Crippen LogP contribution in [0.2, 0.25) is 0 Å². The molecule has 0 aliphatic heterocycles. The van der Waals surface area contributed by atoms with E-state index in [-0.39, 0.29) is 10.7 Å². The summed E-state index contributed by atoms with van der Waals surface area (Å²) in [5.74, 6) is -0.0151. The number of nitrogens with one attached hydrogen (secondary N) is 1. The summed E-state index contributed by atoms with van der Waals surface area (Å²) in [4.78, 5) is 9.37. The molecule has 0 aliphatic rings. The molecule has 1 aromatic heterocycles. The van der Waals surface area contributed by atoms with Crippen molar-refractivity contribution in [3.05, 3.63) is 88.9 Å². The largest absolute Gasteiger partial charge is 0.409 e. The minimum Gasteiger partial charge on any atom is -0.409 e. The first-order valence-corrected chi connectivity index (χ1v) is 14.4.